The lowest BCUT2D eigenvalue weighted by Crippen LogP contribution is -2.38. The van der Waals surface area contributed by atoms with Crippen LogP contribution in [-0.2, 0) is 0 Å². The highest BCUT2D eigenvalue weighted by Crippen LogP contribution is 2.17. The van der Waals surface area contributed by atoms with Crippen LogP contribution in [0.15, 0.2) is 12.1 Å². The van der Waals surface area contributed by atoms with Crippen molar-refractivity contribution in [3.63, 3.8) is 0 Å². The fraction of sp³-hybridized carbons (Fsp3) is 0.571. The van der Waals surface area contributed by atoms with Crippen LogP contribution < -0.4 is 5.32 Å². The first-order valence-electron chi connectivity index (χ1n) is 6.43. The van der Waals surface area contributed by atoms with Crippen molar-refractivity contribution in [2.24, 2.45) is 0 Å². The molecule has 0 bridgehead atoms. The number of amides is 1. The molecule has 0 aliphatic heterocycles. The van der Waals surface area contributed by atoms with Crippen molar-refractivity contribution in [2.75, 3.05) is 20.6 Å². The van der Waals surface area contributed by atoms with Crippen molar-refractivity contribution >= 4 is 17.5 Å². The molecule has 1 rings (SSSR count). The first kappa shape index (κ1) is 15.9. The molecule has 4 nitrogen and oxygen atoms in total. The van der Waals surface area contributed by atoms with E-state index >= 15 is 0 Å². The van der Waals surface area contributed by atoms with Crippen LogP contribution in [0.4, 0.5) is 0 Å². The summed E-state index contributed by atoms with van der Waals surface area (Å²) < 4.78 is 0. The van der Waals surface area contributed by atoms with Crippen molar-refractivity contribution in [3.8, 4) is 0 Å². The van der Waals surface area contributed by atoms with Crippen LogP contribution >= 0.6 is 11.6 Å². The molecular weight excluding hydrogens is 262 g/mol. The van der Waals surface area contributed by atoms with E-state index in [1.54, 1.807) is 12.1 Å². The summed E-state index contributed by atoms with van der Waals surface area (Å²) in [5.74, 6) is 0.130. The molecule has 19 heavy (non-hydrogen) atoms. The highest BCUT2D eigenvalue weighted by molar-refractivity contribution is 6.29. The van der Waals surface area contributed by atoms with Gasteiger partial charge in [-0.1, -0.05) is 25.4 Å². The monoisotopic (exact) mass is 283 g/mol. The van der Waals surface area contributed by atoms with Gasteiger partial charge in [-0.3, -0.25) is 4.79 Å². The Kier molecular flexibility index (Phi) is 5.76. The van der Waals surface area contributed by atoms with E-state index in [1.165, 1.54) is 0 Å². The number of pyridine rings is 1. The summed E-state index contributed by atoms with van der Waals surface area (Å²) in [5, 5.41) is 3.26. The average molecular weight is 284 g/mol. The lowest BCUT2D eigenvalue weighted by Gasteiger charge is -2.20. The van der Waals surface area contributed by atoms with E-state index in [-0.39, 0.29) is 17.9 Å². The molecular formula is C14H22ClN3O. The second kappa shape index (κ2) is 6.87. The Morgan fingerprint density at radius 1 is 1.37 bits per heavy atom. The number of carbonyl (C=O) groups excluding carboxylic acids is 1. The number of halogens is 1. The minimum atomic E-state index is -0.111. The van der Waals surface area contributed by atoms with Gasteiger partial charge in [-0.2, -0.15) is 0 Å². The standard InChI is InChI=1S/C14H22ClN3O/c1-9(2)12-6-11(7-13(15)17-12)14(19)16-8-10(3)18(4)5/h6-7,9-10H,8H2,1-5H3,(H,16,19). The van der Waals surface area contributed by atoms with Crippen molar-refractivity contribution in [1.29, 1.82) is 0 Å². The fourth-order valence-corrected chi connectivity index (χ4v) is 1.68. The van der Waals surface area contributed by atoms with Gasteiger partial charge in [0.2, 0.25) is 0 Å². The van der Waals surface area contributed by atoms with Crippen LogP contribution in [0, 0.1) is 0 Å². The summed E-state index contributed by atoms with van der Waals surface area (Å²) >= 11 is 5.95. The lowest BCUT2D eigenvalue weighted by atomic mass is 10.1. The molecule has 1 heterocycles. The van der Waals surface area contributed by atoms with Crippen LogP contribution in [0.25, 0.3) is 0 Å². The fourth-order valence-electron chi connectivity index (χ4n) is 1.47. The average Bonchev–Trinajstić information content (AvgIpc) is 2.34. The van der Waals surface area contributed by atoms with Gasteiger partial charge in [-0.05, 0) is 39.1 Å². The molecule has 1 aromatic heterocycles. The molecule has 0 radical (unpaired) electrons. The van der Waals surface area contributed by atoms with E-state index in [9.17, 15) is 4.79 Å². The maximum absolute atomic E-state index is 12.1. The summed E-state index contributed by atoms with van der Waals surface area (Å²) in [4.78, 5) is 18.4. The van der Waals surface area contributed by atoms with Gasteiger partial charge in [0.25, 0.3) is 5.91 Å². The summed E-state index contributed by atoms with van der Waals surface area (Å²) in [6.07, 6.45) is 0. The molecule has 106 valence electrons. The van der Waals surface area contributed by atoms with E-state index in [0.717, 1.165) is 5.69 Å². The number of nitrogens with one attached hydrogen (secondary N) is 1. The molecule has 0 aliphatic carbocycles. The second-order valence-electron chi connectivity index (χ2n) is 5.28. The van der Waals surface area contributed by atoms with Gasteiger partial charge in [-0.15, -0.1) is 0 Å². The van der Waals surface area contributed by atoms with Gasteiger partial charge in [0.15, 0.2) is 0 Å². The van der Waals surface area contributed by atoms with Crippen molar-refractivity contribution in [1.82, 2.24) is 15.2 Å². The van der Waals surface area contributed by atoms with Crippen LogP contribution in [0.2, 0.25) is 5.15 Å². The number of hydrogen-bond acceptors (Lipinski definition) is 3. The first-order valence-corrected chi connectivity index (χ1v) is 6.81. The van der Waals surface area contributed by atoms with E-state index in [2.05, 4.69) is 22.1 Å². The van der Waals surface area contributed by atoms with Gasteiger partial charge in [-0.25, -0.2) is 4.98 Å². The minimum absolute atomic E-state index is 0.111. The van der Waals surface area contributed by atoms with E-state index in [4.69, 9.17) is 11.6 Å². The predicted molar refractivity (Wildman–Crippen MR) is 78.8 cm³/mol. The molecule has 1 unspecified atom stereocenters. The third-order valence-corrected chi connectivity index (χ3v) is 3.30. The van der Waals surface area contributed by atoms with Crippen LogP contribution in [0.1, 0.15) is 42.7 Å². The Hall–Kier alpha value is -1.13. The second-order valence-corrected chi connectivity index (χ2v) is 5.67. The summed E-state index contributed by atoms with van der Waals surface area (Å²) in [5.41, 5.74) is 1.40. The highest BCUT2D eigenvalue weighted by Gasteiger charge is 2.12. The lowest BCUT2D eigenvalue weighted by molar-refractivity contribution is 0.0943. The van der Waals surface area contributed by atoms with Gasteiger partial charge in [0.05, 0.1) is 0 Å². The summed E-state index contributed by atoms with van der Waals surface area (Å²) in [7, 11) is 3.97. The molecule has 0 aliphatic rings. The van der Waals surface area contributed by atoms with Crippen molar-refractivity contribution in [3.05, 3.63) is 28.5 Å². The van der Waals surface area contributed by atoms with E-state index < -0.39 is 0 Å². The van der Waals surface area contributed by atoms with Crippen molar-refractivity contribution < 1.29 is 4.79 Å². The molecule has 1 atom stereocenters. The highest BCUT2D eigenvalue weighted by atomic mass is 35.5. The molecule has 0 saturated heterocycles. The molecule has 1 amide bonds. The minimum Gasteiger partial charge on any atom is -0.350 e. The Balaban J connectivity index is 2.77. The number of rotatable bonds is 5. The number of aromatic nitrogens is 1. The predicted octanol–water partition coefficient (Wildman–Crippen LogP) is 2.54. The normalized spacial score (nSPS) is 12.8. The topological polar surface area (TPSA) is 45.2 Å². The van der Waals surface area contributed by atoms with Crippen LogP contribution in [0.5, 0.6) is 0 Å². The van der Waals surface area contributed by atoms with Gasteiger partial charge in [0.1, 0.15) is 5.15 Å². The Morgan fingerprint density at radius 3 is 2.53 bits per heavy atom. The maximum atomic E-state index is 12.1. The third-order valence-electron chi connectivity index (χ3n) is 3.11. The zero-order chi connectivity index (χ0) is 14.6. The summed E-state index contributed by atoms with van der Waals surface area (Å²) in [6.45, 7) is 6.70. The molecule has 0 spiro atoms. The Morgan fingerprint density at radius 2 is 2.00 bits per heavy atom. The third kappa shape index (κ3) is 4.80. The quantitative estimate of drug-likeness (QED) is 0.845. The molecule has 1 aromatic rings. The first-order chi connectivity index (χ1) is 8.81. The van der Waals surface area contributed by atoms with Gasteiger partial charge < -0.3 is 10.2 Å². The molecule has 1 N–H and O–H groups in total. The van der Waals surface area contributed by atoms with Crippen molar-refractivity contribution in [2.45, 2.75) is 32.7 Å². The summed E-state index contributed by atoms with van der Waals surface area (Å²) in [6, 6.07) is 3.68. The largest absolute Gasteiger partial charge is 0.350 e. The zero-order valence-corrected chi connectivity index (χ0v) is 13.0. The van der Waals surface area contributed by atoms with Gasteiger partial charge in [0, 0.05) is 23.8 Å². The number of hydrogen-bond donors (Lipinski definition) is 1. The van der Waals surface area contributed by atoms with E-state index in [1.807, 2.05) is 27.9 Å². The molecule has 5 heteroatoms. The number of carbonyl (C=O) groups is 1. The zero-order valence-electron chi connectivity index (χ0n) is 12.2. The molecule has 0 aromatic carbocycles. The Labute approximate surface area is 120 Å². The van der Waals surface area contributed by atoms with Gasteiger partial charge >= 0.3 is 0 Å². The molecule has 0 saturated carbocycles. The maximum Gasteiger partial charge on any atom is 0.251 e. The Bertz CT molecular complexity index is 446. The van der Waals surface area contributed by atoms with Crippen LogP contribution in [0.3, 0.4) is 0 Å². The molecule has 0 fully saturated rings. The smallest absolute Gasteiger partial charge is 0.251 e. The number of likely N-dealkylation sites (N-methyl/N-ethyl adjacent to an activating group) is 1. The SMILES string of the molecule is CC(C)c1cc(C(=O)NCC(C)N(C)C)cc(Cl)n1. The van der Waals surface area contributed by atoms with Crippen LogP contribution in [-0.4, -0.2) is 42.5 Å². The number of nitrogens with zero attached hydrogens (tertiary/aromatic N) is 2. The van der Waals surface area contributed by atoms with E-state index in [0.29, 0.717) is 17.3 Å².